The van der Waals surface area contributed by atoms with E-state index in [1.807, 2.05) is 60.7 Å². The van der Waals surface area contributed by atoms with Gasteiger partial charge in [-0.2, -0.15) is 5.10 Å². The van der Waals surface area contributed by atoms with Gasteiger partial charge in [0.05, 0.1) is 11.3 Å². The first-order valence-corrected chi connectivity index (χ1v) is 10.4. The maximum Gasteiger partial charge on any atom is 0.349 e. The van der Waals surface area contributed by atoms with Crippen molar-refractivity contribution in [1.29, 1.82) is 0 Å². The average molecular weight is 450 g/mol. The minimum atomic E-state index is -0.799. The molecular weight excluding hydrogens is 432 g/mol. The zero-order chi connectivity index (χ0) is 23.5. The van der Waals surface area contributed by atoms with Crippen molar-refractivity contribution in [2.24, 2.45) is 0 Å². The molecule has 0 aliphatic rings. The van der Waals surface area contributed by atoms with E-state index in [0.717, 1.165) is 11.3 Å². The first kappa shape index (κ1) is 20.9. The van der Waals surface area contributed by atoms with Crippen LogP contribution >= 0.6 is 0 Å². The molecule has 0 spiro atoms. The van der Waals surface area contributed by atoms with Crippen LogP contribution in [0.4, 0.5) is 0 Å². The molecule has 2 aromatic heterocycles. The van der Waals surface area contributed by atoms with Gasteiger partial charge in [-0.25, -0.2) is 9.48 Å². The Kier molecular flexibility index (Phi) is 5.45. The number of nitrogens with one attached hydrogen (secondary N) is 2. The number of hydrogen-bond donors (Lipinski definition) is 2. The third kappa shape index (κ3) is 4.07. The van der Waals surface area contributed by atoms with Crippen molar-refractivity contribution in [2.45, 2.75) is 0 Å². The van der Waals surface area contributed by atoms with Crippen LogP contribution in [0.1, 0.15) is 20.7 Å². The SMILES string of the molecule is O=C(NNC(=O)c1cc2ccccc2oc1=O)c1cn(-c2ccccc2)nc1-c1ccccc1. The molecule has 3 aromatic carbocycles. The minimum absolute atomic E-state index is 0.220. The monoisotopic (exact) mass is 450 g/mol. The molecule has 0 radical (unpaired) electrons. The minimum Gasteiger partial charge on any atom is -0.422 e. The van der Waals surface area contributed by atoms with E-state index in [-0.39, 0.29) is 11.1 Å². The summed E-state index contributed by atoms with van der Waals surface area (Å²) in [6.07, 6.45) is 1.59. The first-order chi connectivity index (χ1) is 16.6. The van der Waals surface area contributed by atoms with E-state index >= 15 is 0 Å². The number of nitrogens with zero attached hydrogens (tertiary/aromatic N) is 2. The highest BCUT2D eigenvalue weighted by atomic mass is 16.4. The molecule has 34 heavy (non-hydrogen) atoms. The summed E-state index contributed by atoms with van der Waals surface area (Å²) in [5.41, 5.74) is 6.23. The summed E-state index contributed by atoms with van der Waals surface area (Å²) in [6.45, 7) is 0. The molecule has 2 heterocycles. The Morgan fingerprint density at radius 2 is 1.38 bits per heavy atom. The number of carbonyl (C=O) groups is 2. The highest BCUT2D eigenvalue weighted by Gasteiger charge is 2.20. The molecule has 0 fully saturated rings. The number of para-hydroxylation sites is 2. The summed E-state index contributed by atoms with van der Waals surface area (Å²) in [5.74, 6) is -1.37. The van der Waals surface area contributed by atoms with E-state index < -0.39 is 17.4 Å². The summed E-state index contributed by atoms with van der Waals surface area (Å²) >= 11 is 0. The average Bonchev–Trinajstić information content (AvgIpc) is 3.33. The van der Waals surface area contributed by atoms with Gasteiger partial charge in [0.1, 0.15) is 16.8 Å². The fourth-order valence-corrected chi connectivity index (χ4v) is 3.53. The number of benzene rings is 3. The summed E-state index contributed by atoms with van der Waals surface area (Å²) in [7, 11) is 0. The van der Waals surface area contributed by atoms with Crippen LogP contribution < -0.4 is 16.5 Å². The molecular formula is C26H18N4O4. The second-order valence-corrected chi connectivity index (χ2v) is 7.43. The van der Waals surface area contributed by atoms with Gasteiger partial charge in [-0.1, -0.05) is 66.7 Å². The van der Waals surface area contributed by atoms with Crippen molar-refractivity contribution in [3.63, 3.8) is 0 Å². The molecule has 0 aliphatic carbocycles. The van der Waals surface area contributed by atoms with Crippen LogP contribution in [0.15, 0.2) is 106 Å². The fourth-order valence-electron chi connectivity index (χ4n) is 3.53. The zero-order valence-corrected chi connectivity index (χ0v) is 17.8. The van der Waals surface area contributed by atoms with Gasteiger partial charge in [-0.05, 0) is 24.3 Å². The van der Waals surface area contributed by atoms with Crippen LogP contribution in [0.3, 0.4) is 0 Å². The predicted octanol–water partition coefficient (Wildman–Crippen LogP) is 3.72. The van der Waals surface area contributed by atoms with Crippen molar-refractivity contribution in [2.75, 3.05) is 0 Å². The molecule has 0 bridgehead atoms. The molecule has 5 aromatic rings. The van der Waals surface area contributed by atoms with E-state index in [2.05, 4.69) is 16.0 Å². The van der Waals surface area contributed by atoms with E-state index in [0.29, 0.717) is 16.7 Å². The number of carbonyl (C=O) groups excluding carboxylic acids is 2. The Labute approximate surface area is 193 Å². The van der Waals surface area contributed by atoms with Crippen LogP contribution in [0, 0.1) is 0 Å². The summed E-state index contributed by atoms with van der Waals surface area (Å²) in [5, 5.41) is 5.18. The Hall–Kier alpha value is -4.98. The third-order valence-electron chi connectivity index (χ3n) is 5.20. The lowest BCUT2D eigenvalue weighted by molar-refractivity contribution is 0.0845. The Morgan fingerprint density at radius 1 is 0.765 bits per heavy atom. The highest BCUT2D eigenvalue weighted by molar-refractivity contribution is 6.02. The predicted molar refractivity (Wildman–Crippen MR) is 126 cm³/mol. The number of rotatable bonds is 4. The molecule has 0 saturated carbocycles. The van der Waals surface area contributed by atoms with Crippen molar-refractivity contribution in [3.05, 3.63) is 119 Å². The molecule has 5 rings (SSSR count). The number of hydrogen-bond acceptors (Lipinski definition) is 5. The van der Waals surface area contributed by atoms with Gasteiger partial charge in [-0.15, -0.1) is 0 Å². The van der Waals surface area contributed by atoms with Gasteiger partial charge in [0.15, 0.2) is 0 Å². The zero-order valence-electron chi connectivity index (χ0n) is 17.8. The lowest BCUT2D eigenvalue weighted by Gasteiger charge is -2.07. The van der Waals surface area contributed by atoms with Crippen molar-refractivity contribution >= 4 is 22.8 Å². The molecule has 166 valence electrons. The van der Waals surface area contributed by atoms with Gasteiger partial charge in [0.25, 0.3) is 11.8 Å². The van der Waals surface area contributed by atoms with E-state index in [4.69, 9.17) is 4.42 Å². The standard InChI is InChI=1S/C26H18N4O4/c31-24(20-15-18-11-7-8-14-22(18)34-26(20)33)27-28-25(32)21-16-30(19-12-5-2-6-13-19)29-23(21)17-9-3-1-4-10-17/h1-16H,(H,27,31)(H,28,32). The van der Waals surface area contributed by atoms with Crippen molar-refractivity contribution < 1.29 is 14.0 Å². The lowest BCUT2D eigenvalue weighted by atomic mass is 10.1. The van der Waals surface area contributed by atoms with E-state index in [1.165, 1.54) is 6.07 Å². The maximum absolute atomic E-state index is 13.0. The molecule has 2 amide bonds. The highest BCUT2D eigenvalue weighted by Crippen LogP contribution is 2.23. The lowest BCUT2D eigenvalue weighted by Crippen LogP contribution is -2.43. The molecule has 0 saturated heterocycles. The summed E-state index contributed by atoms with van der Waals surface area (Å²) < 4.78 is 6.79. The van der Waals surface area contributed by atoms with Gasteiger partial charge in [0.2, 0.25) is 0 Å². The van der Waals surface area contributed by atoms with Gasteiger partial charge >= 0.3 is 5.63 Å². The van der Waals surface area contributed by atoms with Crippen molar-refractivity contribution in [3.8, 4) is 16.9 Å². The van der Waals surface area contributed by atoms with Crippen LogP contribution in [0.25, 0.3) is 27.9 Å². The van der Waals surface area contributed by atoms with Gasteiger partial charge in [0, 0.05) is 17.1 Å². The Balaban J connectivity index is 1.42. The van der Waals surface area contributed by atoms with E-state index in [1.54, 1.807) is 35.1 Å². The van der Waals surface area contributed by atoms with Crippen LogP contribution in [-0.2, 0) is 0 Å². The normalized spacial score (nSPS) is 10.7. The number of amides is 2. The number of hydrazine groups is 1. The van der Waals surface area contributed by atoms with Crippen LogP contribution in [0.5, 0.6) is 0 Å². The van der Waals surface area contributed by atoms with Crippen LogP contribution in [-0.4, -0.2) is 21.6 Å². The molecule has 2 N–H and O–H groups in total. The Morgan fingerprint density at radius 3 is 2.12 bits per heavy atom. The van der Waals surface area contributed by atoms with Crippen LogP contribution in [0.2, 0.25) is 0 Å². The summed E-state index contributed by atoms with van der Waals surface area (Å²) in [4.78, 5) is 37.9. The second-order valence-electron chi connectivity index (χ2n) is 7.43. The molecule has 8 nitrogen and oxygen atoms in total. The molecule has 0 unspecified atom stereocenters. The number of fused-ring (bicyclic) bond motifs is 1. The maximum atomic E-state index is 13.0. The van der Waals surface area contributed by atoms with E-state index in [9.17, 15) is 14.4 Å². The topological polar surface area (TPSA) is 106 Å². The third-order valence-corrected chi connectivity index (χ3v) is 5.20. The Bertz CT molecular complexity index is 1560. The molecule has 8 heteroatoms. The summed E-state index contributed by atoms with van der Waals surface area (Å²) in [6, 6.07) is 26.9. The molecule has 0 atom stereocenters. The largest absolute Gasteiger partial charge is 0.422 e. The smallest absolute Gasteiger partial charge is 0.349 e. The second kappa shape index (κ2) is 8.87. The first-order valence-electron chi connectivity index (χ1n) is 10.4. The quantitative estimate of drug-likeness (QED) is 0.321. The molecule has 0 aliphatic heterocycles. The van der Waals surface area contributed by atoms with Gasteiger partial charge < -0.3 is 4.42 Å². The van der Waals surface area contributed by atoms with Crippen molar-refractivity contribution in [1.82, 2.24) is 20.6 Å². The fraction of sp³-hybridized carbons (Fsp3) is 0. The van der Waals surface area contributed by atoms with Gasteiger partial charge in [-0.3, -0.25) is 20.4 Å². The number of aromatic nitrogens is 2.